The van der Waals surface area contributed by atoms with Gasteiger partial charge < -0.3 is 14.8 Å². The maximum Gasteiger partial charge on any atom is 0.248 e. The molecule has 2 aromatic rings. The summed E-state index contributed by atoms with van der Waals surface area (Å²) in [6.45, 7) is 1.95. The fourth-order valence-corrected chi connectivity index (χ4v) is 2.80. The molecule has 2 aromatic carbocycles. The van der Waals surface area contributed by atoms with Crippen LogP contribution in [0.5, 0.6) is 11.5 Å². The molecule has 0 saturated carbocycles. The maximum absolute atomic E-state index is 12.1. The van der Waals surface area contributed by atoms with Crippen molar-refractivity contribution in [2.24, 2.45) is 0 Å². The van der Waals surface area contributed by atoms with E-state index in [-0.39, 0.29) is 12.0 Å². The number of benzene rings is 2. The number of ether oxygens (including phenoxy) is 2. The summed E-state index contributed by atoms with van der Waals surface area (Å²) < 4.78 is 10.9. The predicted octanol–water partition coefficient (Wildman–Crippen LogP) is 4.71. The molecule has 1 amide bonds. The van der Waals surface area contributed by atoms with E-state index < -0.39 is 0 Å². The Bertz CT molecular complexity index is 858. The first-order valence-electron chi connectivity index (χ1n) is 7.86. The van der Waals surface area contributed by atoms with Crippen LogP contribution in [0.3, 0.4) is 0 Å². The molecule has 0 spiro atoms. The molecular weight excluding hydrogens is 338 g/mol. The summed E-state index contributed by atoms with van der Waals surface area (Å²) in [6.07, 6.45) is 5.16. The number of anilines is 1. The van der Waals surface area contributed by atoms with Gasteiger partial charge >= 0.3 is 0 Å². The number of nitrogens with one attached hydrogen (secondary N) is 1. The Morgan fingerprint density at radius 1 is 1.28 bits per heavy atom. The van der Waals surface area contributed by atoms with Gasteiger partial charge in [0.05, 0.1) is 12.1 Å². The largest absolute Gasteiger partial charge is 0.495 e. The van der Waals surface area contributed by atoms with Crippen molar-refractivity contribution in [1.29, 1.82) is 0 Å². The molecule has 0 saturated heterocycles. The lowest BCUT2D eigenvalue weighted by molar-refractivity contribution is -0.111. The molecule has 0 radical (unpaired) electrons. The van der Waals surface area contributed by atoms with Crippen LogP contribution in [0.25, 0.3) is 6.08 Å². The van der Waals surface area contributed by atoms with Gasteiger partial charge in [-0.2, -0.15) is 0 Å². The number of carbonyl (C=O) groups excluding carboxylic acids is 1. The highest BCUT2D eigenvalue weighted by atomic mass is 35.5. The molecule has 1 aliphatic rings. The zero-order valence-electron chi connectivity index (χ0n) is 14.0. The first kappa shape index (κ1) is 17.1. The monoisotopic (exact) mass is 355 g/mol. The van der Waals surface area contributed by atoms with Gasteiger partial charge in [0.1, 0.15) is 17.6 Å². The van der Waals surface area contributed by atoms with Gasteiger partial charge in [-0.05, 0) is 48.9 Å². The van der Waals surface area contributed by atoms with Crippen molar-refractivity contribution in [2.75, 3.05) is 12.4 Å². The van der Waals surface area contributed by atoms with E-state index in [0.717, 1.165) is 16.9 Å². The molecule has 1 aliphatic heterocycles. The lowest BCUT2D eigenvalue weighted by atomic mass is 10.0. The average Bonchev–Trinajstić information content (AvgIpc) is 2.60. The van der Waals surface area contributed by atoms with E-state index in [2.05, 4.69) is 5.32 Å². The lowest BCUT2D eigenvalue weighted by Gasteiger charge is -2.22. The van der Waals surface area contributed by atoms with Crippen LogP contribution in [0.1, 0.15) is 12.5 Å². The third-order valence-electron chi connectivity index (χ3n) is 3.86. The molecule has 0 aromatic heterocycles. The van der Waals surface area contributed by atoms with Crippen LogP contribution in [0, 0.1) is 0 Å². The highest BCUT2D eigenvalue weighted by Gasteiger charge is 2.16. The second kappa shape index (κ2) is 7.45. The van der Waals surface area contributed by atoms with E-state index >= 15 is 0 Å². The van der Waals surface area contributed by atoms with Gasteiger partial charge in [0.2, 0.25) is 5.91 Å². The minimum absolute atomic E-state index is 0.116. The van der Waals surface area contributed by atoms with Crippen molar-refractivity contribution in [3.63, 3.8) is 0 Å². The van der Waals surface area contributed by atoms with Crippen LogP contribution < -0.4 is 14.8 Å². The summed E-state index contributed by atoms with van der Waals surface area (Å²) >= 11 is 6.06. The fourth-order valence-electron chi connectivity index (χ4n) is 2.55. The molecule has 1 N–H and O–H groups in total. The Morgan fingerprint density at radius 2 is 2.08 bits per heavy atom. The number of hydrogen-bond donors (Lipinski definition) is 1. The topological polar surface area (TPSA) is 47.6 Å². The first-order chi connectivity index (χ1) is 12.1. The van der Waals surface area contributed by atoms with E-state index in [9.17, 15) is 4.79 Å². The van der Waals surface area contributed by atoms with Crippen LogP contribution in [0.4, 0.5) is 5.69 Å². The van der Waals surface area contributed by atoms with Crippen LogP contribution in [0.2, 0.25) is 5.02 Å². The molecule has 1 unspecified atom stereocenters. The molecule has 5 heteroatoms. The highest BCUT2D eigenvalue weighted by Crippen LogP contribution is 2.30. The summed E-state index contributed by atoms with van der Waals surface area (Å²) in [5.74, 6) is 1.17. The van der Waals surface area contributed by atoms with Crippen LogP contribution in [-0.2, 0) is 4.79 Å². The standard InChI is InChI=1S/C20H18ClNO3/c1-13-14(11-15-5-3-4-6-18(15)25-13)7-10-20(23)22-16-8-9-19(24-2)17(21)12-16/h3-13H,1-2H3,(H,22,23). The second-order valence-electron chi connectivity index (χ2n) is 5.61. The smallest absolute Gasteiger partial charge is 0.248 e. The van der Waals surface area contributed by atoms with E-state index in [1.165, 1.54) is 6.08 Å². The fraction of sp³-hybridized carbons (Fsp3) is 0.150. The molecule has 0 fully saturated rings. The first-order valence-corrected chi connectivity index (χ1v) is 8.24. The number of amides is 1. The quantitative estimate of drug-likeness (QED) is 0.808. The van der Waals surface area contributed by atoms with Crippen molar-refractivity contribution >= 4 is 29.3 Å². The molecule has 1 atom stereocenters. The number of halogens is 1. The molecule has 3 rings (SSSR count). The Labute approximate surface area is 151 Å². The highest BCUT2D eigenvalue weighted by molar-refractivity contribution is 6.32. The molecule has 4 nitrogen and oxygen atoms in total. The zero-order valence-corrected chi connectivity index (χ0v) is 14.7. The van der Waals surface area contributed by atoms with Gasteiger partial charge in [-0.1, -0.05) is 29.8 Å². The molecule has 0 aliphatic carbocycles. The predicted molar refractivity (Wildman–Crippen MR) is 100 cm³/mol. The van der Waals surface area contributed by atoms with Crippen LogP contribution in [0.15, 0.2) is 60.2 Å². The van der Waals surface area contributed by atoms with Crippen molar-refractivity contribution in [2.45, 2.75) is 13.0 Å². The number of carbonyl (C=O) groups is 1. The van der Waals surface area contributed by atoms with Gasteiger partial charge in [0.25, 0.3) is 0 Å². The van der Waals surface area contributed by atoms with Gasteiger partial charge in [0, 0.05) is 17.3 Å². The van der Waals surface area contributed by atoms with E-state index in [1.807, 2.05) is 37.3 Å². The third kappa shape index (κ3) is 4.03. The second-order valence-corrected chi connectivity index (χ2v) is 6.02. The van der Waals surface area contributed by atoms with Crippen molar-refractivity contribution in [3.8, 4) is 11.5 Å². The number of para-hydroxylation sites is 1. The Hall–Kier alpha value is -2.72. The Morgan fingerprint density at radius 3 is 2.84 bits per heavy atom. The lowest BCUT2D eigenvalue weighted by Crippen LogP contribution is -2.18. The number of fused-ring (bicyclic) bond motifs is 1. The van der Waals surface area contributed by atoms with E-state index in [0.29, 0.717) is 16.5 Å². The summed E-state index contributed by atoms with van der Waals surface area (Å²) in [4.78, 5) is 12.1. The van der Waals surface area contributed by atoms with Crippen LogP contribution >= 0.6 is 11.6 Å². The van der Waals surface area contributed by atoms with Crippen molar-refractivity contribution in [1.82, 2.24) is 0 Å². The van der Waals surface area contributed by atoms with Gasteiger partial charge in [-0.25, -0.2) is 0 Å². The van der Waals surface area contributed by atoms with Crippen molar-refractivity contribution in [3.05, 3.63) is 70.8 Å². The molecule has 25 heavy (non-hydrogen) atoms. The Kier molecular flexibility index (Phi) is 5.10. The van der Waals surface area contributed by atoms with E-state index in [1.54, 1.807) is 31.4 Å². The molecule has 1 heterocycles. The van der Waals surface area contributed by atoms with Crippen molar-refractivity contribution < 1.29 is 14.3 Å². The summed E-state index contributed by atoms with van der Waals surface area (Å²) in [7, 11) is 1.54. The summed E-state index contributed by atoms with van der Waals surface area (Å²) in [6, 6.07) is 12.9. The normalized spacial score (nSPS) is 16.0. The zero-order chi connectivity index (χ0) is 17.8. The minimum Gasteiger partial charge on any atom is -0.495 e. The van der Waals surface area contributed by atoms with Crippen LogP contribution in [-0.4, -0.2) is 19.1 Å². The molecular formula is C20H18ClNO3. The summed E-state index contributed by atoms with van der Waals surface area (Å²) in [5.41, 5.74) is 2.54. The third-order valence-corrected chi connectivity index (χ3v) is 4.16. The number of rotatable bonds is 4. The summed E-state index contributed by atoms with van der Waals surface area (Å²) in [5, 5.41) is 3.22. The number of methoxy groups -OCH3 is 1. The Balaban J connectivity index is 1.70. The minimum atomic E-state index is -0.242. The van der Waals surface area contributed by atoms with Gasteiger partial charge in [-0.15, -0.1) is 0 Å². The molecule has 128 valence electrons. The van der Waals surface area contributed by atoms with Gasteiger partial charge in [0.15, 0.2) is 0 Å². The van der Waals surface area contributed by atoms with Gasteiger partial charge in [-0.3, -0.25) is 4.79 Å². The molecule has 0 bridgehead atoms. The maximum atomic E-state index is 12.1. The SMILES string of the molecule is COc1ccc(NC(=O)C=CC2=Cc3ccccc3OC2C)cc1Cl. The number of hydrogen-bond acceptors (Lipinski definition) is 3. The average molecular weight is 356 g/mol. The van der Waals surface area contributed by atoms with E-state index in [4.69, 9.17) is 21.1 Å².